The molecule has 0 N–H and O–H groups in total. The number of aryl methyl sites for hydroxylation is 1. The van der Waals surface area contributed by atoms with E-state index in [1.165, 1.54) is 12.1 Å². The van der Waals surface area contributed by atoms with Gasteiger partial charge in [-0.15, -0.1) is 0 Å². The van der Waals surface area contributed by atoms with Gasteiger partial charge in [0.1, 0.15) is 23.8 Å². The van der Waals surface area contributed by atoms with Crippen LogP contribution in [0, 0.1) is 12.7 Å². The molecule has 4 rings (SSSR count). The number of benzene rings is 3. The number of hydrogen-bond acceptors (Lipinski definition) is 5. The fourth-order valence-electron chi connectivity index (χ4n) is 3.54. The van der Waals surface area contributed by atoms with Gasteiger partial charge in [-0.1, -0.05) is 18.2 Å². The molecule has 158 valence electrons. The zero-order chi connectivity index (χ0) is 22.0. The SMILES string of the molecule is COc1ccc(-c2c(C)c3ccc(OCc4cccc(F)c4)cc3oc2=O)cc1OC. The Labute approximate surface area is 178 Å². The van der Waals surface area contributed by atoms with Crippen LogP contribution in [0.25, 0.3) is 22.1 Å². The van der Waals surface area contributed by atoms with Gasteiger partial charge in [0.05, 0.1) is 19.8 Å². The van der Waals surface area contributed by atoms with Crippen LogP contribution in [-0.4, -0.2) is 14.2 Å². The van der Waals surface area contributed by atoms with Crippen LogP contribution in [0.1, 0.15) is 11.1 Å². The molecule has 31 heavy (non-hydrogen) atoms. The van der Waals surface area contributed by atoms with Gasteiger partial charge in [-0.3, -0.25) is 0 Å². The standard InChI is InChI=1S/C25H21FO5/c1-15-20-9-8-19(30-14-16-5-4-6-18(26)11-16)13-22(20)31-25(27)24(15)17-7-10-21(28-2)23(12-17)29-3/h4-13H,14H2,1-3H3. The summed E-state index contributed by atoms with van der Waals surface area (Å²) in [5, 5.41) is 0.794. The molecule has 6 heteroatoms. The minimum Gasteiger partial charge on any atom is -0.493 e. The fraction of sp³-hybridized carbons (Fsp3) is 0.160. The maximum atomic E-state index is 13.3. The molecule has 1 aromatic heterocycles. The summed E-state index contributed by atoms with van der Waals surface area (Å²) in [5.41, 5.74) is 2.60. The van der Waals surface area contributed by atoms with E-state index in [0.29, 0.717) is 39.5 Å². The molecule has 0 atom stereocenters. The molecule has 0 bridgehead atoms. The molecule has 0 amide bonds. The van der Waals surface area contributed by atoms with Crippen molar-refractivity contribution in [3.05, 3.63) is 88.0 Å². The zero-order valence-electron chi connectivity index (χ0n) is 17.4. The molecule has 0 unspecified atom stereocenters. The van der Waals surface area contributed by atoms with Crippen LogP contribution < -0.4 is 19.8 Å². The summed E-state index contributed by atoms with van der Waals surface area (Å²) >= 11 is 0. The number of halogens is 1. The van der Waals surface area contributed by atoms with E-state index in [1.807, 2.05) is 13.0 Å². The highest BCUT2D eigenvalue weighted by atomic mass is 19.1. The molecule has 0 spiro atoms. The molecular weight excluding hydrogens is 399 g/mol. The van der Waals surface area contributed by atoms with E-state index < -0.39 is 5.63 Å². The molecule has 3 aromatic carbocycles. The highest BCUT2D eigenvalue weighted by Crippen LogP contribution is 2.34. The Balaban J connectivity index is 1.69. The van der Waals surface area contributed by atoms with Crippen molar-refractivity contribution < 1.29 is 23.0 Å². The average molecular weight is 420 g/mol. The highest BCUT2D eigenvalue weighted by molar-refractivity contribution is 5.87. The number of hydrogen-bond donors (Lipinski definition) is 0. The molecule has 0 saturated carbocycles. The van der Waals surface area contributed by atoms with E-state index in [4.69, 9.17) is 18.6 Å². The van der Waals surface area contributed by atoms with E-state index in [1.54, 1.807) is 56.7 Å². The maximum Gasteiger partial charge on any atom is 0.344 e. The molecule has 1 heterocycles. The summed E-state index contributed by atoms with van der Waals surface area (Å²) in [5.74, 6) is 1.32. The molecule has 0 aliphatic rings. The topological polar surface area (TPSA) is 57.9 Å². The third-order valence-corrected chi connectivity index (χ3v) is 5.11. The van der Waals surface area contributed by atoms with Crippen LogP contribution >= 0.6 is 0 Å². The highest BCUT2D eigenvalue weighted by Gasteiger charge is 2.16. The van der Waals surface area contributed by atoms with Crippen molar-refractivity contribution >= 4 is 11.0 Å². The van der Waals surface area contributed by atoms with Gasteiger partial charge < -0.3 is 18.6 Å². The van der Waals surface area contributed by atoms with Gasteiger partial charge in [0, 0.05) is 11.5 Å². The summed E-state index contributed by atoms with van der Waals surface area (Å²) in [4.78, 5) is 12.8. The Morgan fingerprint density at radius 3 is 2.48 bits per heavy atom. The maximum absolute atomic E-state index is 13.3. The van der Waals surface area contributed by atoms with Crippen LogP contribution in [0.2, 0.25) is 0 Å². The van der Waals surface area contributed by atoms with Crippen molar-refractivity contribution in [3.8, 4) is 28.4 Å². The quantitative estimate of drug-likeness (QED) is 0.385. The van der Waals surface area contributed by atoms with Crippen LogP contribution in [0.15, 0.2) is 69.9 Å². The Kier molecular flexibility index (Phi) is 5.62. The summed E-state index contributed by atoms with van der Waals surface area (Å²) in [6, 6.07) is 16.8. The summed E-state index contributed by atoms with van der Waals surface area (Å²) < 4.78 is 35.3. The van der Waals surface area contributed by atoms with E-state index in [9.17, 15) is 9.18 Å². The summed E-state index contributed by atoms with van der Waals surface area (Å²) in [7, 11) is 3.10. The van der Waals surface area contributed by atoms with Gasteiger partial charge in [-0.25, -0.2) is 9.18 Å². The summed E-state index contributed by atoms with van der Waals surface area (Å²) in [6.45, 7) is 2.08. The minimum absolute atomic E-state index is 0.205. The van der Waals surface area contributed by atoms with Gasteiger partial charge in [0.2, 0.25) is 0 Å². The molecule has 0 saturated heterocycles. The van der Waals surface area contributed by atoms with Crippen LogP contribution in [0.4, 0.5) is 4.39 Å². The Morgan fingerprint density at radius 2 is 1.74 bits per heavy atom. The lowest BCUT2D eigenvalue weighted by Gasteiger charge is -2.12. The monoisotopic (exact) mass is 420 g/mol. The first kappa shape index (κ1) is 20.5. The third-order valence-electron chi connectivity index (χ3n) is 5.11. The first-order valence-electron chi connectivity index (χ1n) is 9.67. The van der Waals surface area contributed by atoms with E-state index >= 15 is 0 Å². The van der Waals surface area contributed by atoms with Crippen LogP contribution in [0.5, 0.6) is 17.2 Å². The molecule has 0 fully saturated rings. The number of ether oxygens (including phenoxy) is 3. The van der Waals surface area contributed by atoms with E-state index in [2.05, 4.69) is 0 Å². The number of methoxy groups -OCH3 is 2. The zero-order valence-corrected chi connectivity index (χ0v) is 17.4. The first-order valence-corrected chi connectivity index (χ1v) is 9.67. The van der Waals surface area contributed by atoms with Crippen molar-refractivity contribution in [1.82, 2.24) is 0 Å². The fourth-order valence-corrected chi connectivity index (χ4v) is 3.54. The number of rotatable bonds is 6. The number of fused-ring (bicyclic) bond motifs is 1. The summed E-state index contributed by atoms with van der Waals surface area (Å²) in [6.07, 6.45) is 0. The molecule has 4 aromatic rings. The second-order valence-electron chi connectivity index (χ2n) is 7.04. The van der Waals surface area contributed by atoms with Gasteiger partial charge in [-0.2, -0.15) is 0 Å². The first-order chi connectivity index (χ1) is 15.0. The van der Waals surface area contributed by atoms with Crippen molar-refractivity contribution in [3.63, 3.8) is 0 Å². The molecule has 0 aliphatic heterocycles. The lowest BCUT2D eigenvalue weighted by Crippen LogP contribution is -2.06. The molecule has 0 radical (unpaired) electrons. The van der Waals surface area contributed by atoms with Crippen molar-refractivity contribution in [2.75, 3.05) is 14.2 Å². The molecule has 0 aliphatic carbocycles. The Bertz CT molecular complexity index is 1310. The van der Waals surface area contributed by atoms with E-state index in [-0.39, 0.29) is 12.4 Å². The van der Waals surface area contributed by atoms with Crippen LogP contribution in [-0.2, 0) is 6.61 Å². The van der Waals surface area contributed by atoms with Crippen molar-refractivity contribution in [2.24, 2.45) is 0 Å². The van der Waals surface area contributed by atoms with Crippen molar-refractivity contribution in [2.45, 2.75) is 13.5 Å². The smallest absolute Gasteiger partial charge is 0.344 e. The predicted molar refractivity (Wildman–Crippen MR) is 116 cm³/mol. The lowest BCUT2D eigenvalue weighted by molar-refractivity contribution is 0.305. The Hall–Kier alpha value is -3.80. The van der Waals surface area contributed by atoms with Gasteiger partial charge in [-0.05, 0) is 60.0 Å². The predicted octanol–water partition coefficient (Wildman–Crippen LogP) is 5.50. The normalized spacial score (nSPS) is 10.8. The largest absolute Gasteiger partial charge is 0.493 e. The minimum atomic E-state index is -0.459. The van der Waals surface area contributed by atoms with E-state index in [0.717, 1.165) is 10.9 Å². The molecule has 5 nitrogen and oxygen atoms in total. The van der Waals surface area contributed by atoms with Gasteiger partial charge >= 0.3 is 5.63 Å². The molecular formula is C25H21FO5. The third kappa shape index (κ3) is 4.10. The Morgan fingerprint density at radius 1 is 0.935 bits per heavy atom. The van der Waals surface area contributed by atoms with Crippen LogP contribution in [0.3, 0.4) is 0 Å². The average Bonchev–Trinajstić information content (AvgIpc) is 2.77. The van der Waals surface area contributed by atoms with Gasteiger partial charge in [0.15, 0.2) is 11.5 Å². The van der Waals surface area contributed by atoms with Gasteiger partial charge in [0.25, 0.3) is 0 Å². The van der Waals surface area contributed by atoms with Crippen molar-refractivity contribution in [1.29, 1.82) is 0 Å². The second-order valence-corrected chi connectivity index (χ2v) is 7.04. The lowest BCUT2D eigenvalue weighted by atomic mass is 9.99. The second kappa shape index (κ2) is 8.52.